The van der Waals surface area contributed by atoms with Crippen LogP contribution in [0.15, 0.2) is 42.5 Å². The molecule has 1 saturated heterocycles. The van der Waals surface area contributed by atoms with Gasteiger partial charge in [0.15, 0.2) is 0 Å². The molecule has 1 aliphatic heterocycles. The lowest BCUT2D eigenvalue weighted by molar-refractivity contribution is -0.114. The molecule has 2 aromatic rings. The van der Waals surface area contributed by atoms with Crippen LogP contribution in [0.25, 0.3) is 0 Å². The lowest BCUT2D eigenvalue weighted by atomic mass is 10.2. The van der Waals surface area contributed by atoms with Gasteiger partial charge >= 0.3 is 0 Å². The summed E-state index contributed by atoms with van der Waals surface area (Å²) in [7, 11) is 0. The van der Waals surface area contributed by atoms with Crippen LogP contribution in [0.5, 0.6) is 0 Å². The largest absolute Gasteiger partial charge is 0.378 e. The van der Waals surface area contributed by atoms with E-state index < -0.39 is 0 Å². The number of rotatable bonds is 5. The van der Waals surface area contributed by atoms with Crippen LogP contribution < -0.4 is 15.5 Å². The molecule has 132 valence electrons. The third-order valence-electron chi connectivity index (χ3n) is 3.86. The number of hydrogen-bond donors (Lipinski definition) is 2. The topological polar surface area (TPSA) is 53.6 Å². The van der Waals surface area contributed by atoms with E-state index in [2.05, 4.69) is 38.1 Å². The maximum atomic E-state index is 12.2. The number of ether oxygens (including phenoxy) is 1. The van der Waals surface area contributed by atoms with E-state index in [1.54, 1.807) is 0 Å². The number of hydrogen-bond acceptors (Lipinski definition) is 4. The summed E-state index contributed by atoms with van der Waals surface area (Å²) in [4.78, 5) is 14.5. The zero-order chi connectivity index (χ0) is 17.6. The van der Waals surface area contributed by atoms with Crippen LogP contribution >= 0.6 is 34.2 Å². The molecule has 0 atom stereocenters. The van der Waals surface area contributed by atoms with Crippen molar-refractivity contribution in [2.24, 2.45) is 0 Å². The summed E-state index contributed by atoms with van der Waals surface area (Å²) < 4.78 is 6.48. The van der Waals surface area contributed by atoms with E-state index >= 15 is 0 Å². The maximum Gasteiger partial charge on any atom is 0.243 e. The molecular formula is C18H19ClIN3O2. The van der Waals surface area contributed by atoms with Crippen molar-refractivity contribution in [2.45, 2.75) is 0 Å². The van der Waals surface area contributed by atoms with Gasteiger partial charge in [0.25, 0.3) is 0 Å². The molecule has 0 radical (unpaired) electrons. The monoisotopic (exact) mass is 471 g/mol. The van der Waals surface area contributed by atoms with Gasteiger partial charge in [-0.05, 0) is 59.0 Å². The van der Waals surface area contributed by atoms with Gasteiger partial charge < -0.3 is 20.3 Å². The minimum absolute atomic E-state index is 0.102. The molecule has 7 heteroatoms. The zero-order valence-electron chi connectivity index (χ0n) is 13.6. The highest BCUT2D eigenvalue weighted by molar-refractivity contribution is 14.1. The standard InChI is InChI=1S/C18H19ClIN3O2/c19-13-4-5-17(23-6-8-25-9-7-23)16(10-13)21-12-18(24)22-15-3-1-2-14(20)11-15/h1-5,10-11,21H,6-9,12H2,(H,22,24). The molecule has 2 N–H and O–H groups in total. The second kappa shape index (κ2) is 8.73. The highest BCUT2D eigenvalue weighted by Gasteiger charge is 2.15. The lowest BCUT2D eigenvalue weighted by Gasteiger charge is -2.30. The molecule has 1 aliphatic rings. The number of halogens is 2. The first-order valence-corrected chi connectivity index (χ1v) is 9.49. The molecule has 5 nitrogen and oxygen atoms in total. The summed E-state index contributed by atoms with van der Waals surface area (Å²) in [5, 5.41) is 6.74. The number of amides is 1. The summed E-state index contributed by atoms with van der Waals surface area (Å²) in [5.41, 5.74) is 2.68. The molecule has 0 unspecified atom stereocenters. The SMILES string of the molecule is O=C(CNc1cc(Cl)ccc1N1CCOCC1)Nc1cccc(I)c1. The molecule has 0 bridgehead atoms. The first-order valence-electron chi connectivity index (χ1n) is 8.03. The van der Waals surface area contributed by atoms with Gasteiger partial charge in [0, 0.05) is 27.4 Å². The molecule has 1 amide bonds. The Hall–Kier alpha value is -1.51. The fourth-order valence-electron chi connectivity index (χ4n) is 2.68. The molecular weight excluding hydrogens is 453 g/mol. The fourth-order valence-corrected chi connectivity index (χ4v) is 3.39. The third kappa shape index (κ3) is 5.23. The smallest absolute Gasteiger partial charge is 0.243 e. The number of carbonyl (C=O) groups excluding carboxylic acids is 1. The van der Waals surface area contributed by atoms with Crippen molar-refractivity contribution in [3.05, 3.63) is 51.1 Å². The van der Waals surface area contributed by atoms with E-state index in [0.717, 1.165) is 33.7 Å². The van der Waals surface area contributed by atoms with Crippen molar-refractivity contribution in [1.29, 1.82) is 0 Å². The molecule has 25 heavy (non-hydrogen) atoms. The molecule has 0 saturated carbocycles. The van der Waals surface area contributed by atoms with Crippen molar-refractivity contribution in [3.8, 4) is 0 Å². The van der Waals surface area contributed by atoms with Crippen LogP contribution in [0.4, 0.5) is 17.1 Å². The highest BCUT2D eigenvalue weighted by atomic mass is 127. The molecule has 1 heterocycles. The summed E-state index contributed by atoms with van der Waals surface area (Å²) in [6, 6.07) is 13.4. The first-order chi connectivity index (χ1) is 12.1. The van der Waals surface area contributed by atoms with Gasteiger partial charge in [0.2, 0.25) is 5.91 Å². The molecule has 1 fully saturated rings. The molecule has 0 aliphatic carbocycles. The van der Waals surface area contributed by atoms with Crippen molar-refractivity contribution in [2.75, 3.05) is 48.4 Å². The summed E-state index contributed by atoms with van der Waals surface area (Å²) in [6.45, 7) is 3.23. The van der Waals surface area contributed by atoms with Crippen LogP contribution in [-0.2, 0) is 9.53 Å². The van der Waals surface area contributed by atoms with E-state index in [1.165, 1.54) is 0 Å². The number of benzene rings is 2. The Bertz CT molecular complexity index is 751. The van der Waals surface area contributed by atoms with Crippen LogP contribution in [0.3, 0.4) is 0 Å². The van der Waals surface area contributed by atoms with Gasteiger partial charge in [-0.1, -0.05) is 17.7 Å². The molecule has 2 aromatic carbocycles. The molecule has 3 rings (SSSR count). The lowest BCUT2D eigenvalue weighted by Crippen LogP contribution is -2.36. The van der Waals surface area contributed by atoms with Crippen LogP contribution in [0, 0.1) is 3.57 Å². The minimum Gasteiger partial charge on any atom is -0.378 e. The Labute approximate surface area is 165 Å². The maximum absolute atomic E-state index is 12.2. The Morgan fingerprint density at radius 1 is 1.20 bits per heavy atom. The number of nitrogens with zero attached hydrogens (tertiary/aromatic N) is 1. The average Bonchev–Trinajstić information content (AvgIpc) is 2.61. The molecule has 0 spiro atoms. The van der Waals surface area contributed by atoms with E-state index in [0.29, 0.717) is 18.2 Å². The Balaban J connectivity index is 1.65. The third-order valence-corrected chi connectivity index (χ3v) is 4.76. The minimum atomic E-state index is -0.102. The van der Waals surface area contributed by atoms with Crippen molar-refractivity contribution >= 4 is 57.2 Å². The Morgan fingerprint density at radius 3 is 2.76 bits per heavy atom. The summed E-state index contributed by atoms with van der Waals surface area (Å²) in [5.74, 6) is -0.102. The number of nitrogens with one attached hydrogen (secondary N) is 2. The van der Waals surface area contributed by atoms with Crippen LogP contribution in [0.1, 0.15) is 0 Å². The Kier molecular flexibility index (Phi) is 6.39. The molecule has 0 aromatic heterocycles. The van der Waals surface area contributed by atoms with Gasteiger partial charge in [0.05, 0.1) is 31.1 Å². The number of morpholine rings is 1. The normalized spacial score (nSPS) is 14.2. The average molecular weight is 472 g/mol. The fraction of sp³-hybridized carbons (Fsp3) is 0.278. The van der Waals surface area contributed by atoms with Gasteiger partial charge in [0.1, 0.15) is 0 Å². The predicted molar refractivity (Wildman–Crippen MR) is 111 cm³/mol. The second-order valence-corrected chi connectivity index (χ2v) is 7.36. The van der Waals surface area contributed by atoms with E-state index in [9.17, 15) is 4.79 Å². The van der Waals surface area contributed by atoms with Gasteiger partial charge in [-0.25, -0.2) is 0 Å². The first kappa shape index (κ1) is 18.3. The quantitative estimate of drug-likeness (QED) is 0.651. The number of anilines is 3. The van der Waals surface area contributed by atoms with E-state index in [1.807, 2.05) is 42.5 Å². The second-order valence-electron chi connectivity index (χ2n) is 5.67. The van der Waals surface area contributed by atoms with Gasteiger partial charge in [-0.3, -0.25) is 4.79 Å². The Morgan fingerprint density at radius 2 is 2.00 bits per heavy atom. The zero-order valence-corrected chi connectivity index (χ0v) is 16.5. The van der Waals surface area contributed by atoms with Crippen LogP contribution in [-0.4, -0.2) is 38.8 Å². The summed E-state index contributed by atoms with van der Waals surface area (Å²) in [6.07, 6.45) is 0. The number of carbonyl (C=O) groups is 1. The van der Waals surface area contributed by atoms with Crippen molar-refractivity contribution in [1.82, 2.24) is 0 Å². The van der Waals surface area contributed by atoms with E-state index in [4.69, 9.17) is 16.3 Å². The van der Waals surface area contributed by atoms with Crippen molar-refractivity contribution < 1.29 is 9.53 Å². The van der Waals surface area contributed by atoms with E-state index in [-0.39, 0.29) is 12.5 Å². The highest BCUT2D eigenvalue weighted by Crippen LogP contribution is 2.29. The van der Waals surface area contributed by atoms with Crippen LogP contribution in [0.2, 0.25) is 5.02 Å². The van der Waals surface area contributed by atoms with Gasteiger partial charge in [-0.2, -0.15) is 0 Å². The van der Waals surface area contributed by atoms with Crippen molar-refractivity contribution in [3.63, 3.8) is 0 Å². The van der Waals surface area contributed by atoms with Gasteiger partial charge in [-0.15, -0.1) is 0 Å². The predicted octanol–water partition coefficient (Wildman–Crippen LogP) is 3.83. The summed E-state index contributed by atoms with van der Waals surface area (Å²) >= 11 is 8.35.